The predicted molar refractivity (Wildman–Crippen MR) is 55.3 cm³/mol. The Morgan fingerprint density at radius 3 is 3.00 bits per heavy atom. The maximum atomic E-state index is 6.04. The lowest BCUT2D eigenvalue weighted by molar-refractivity contribution is 0.669. The average molecular weight is 203 g/mol. The highest BCUT2D eigenvalue weighted by molar-refractivity contribution is 5.30. The summed E-state index contributed by atoms with van der Waals surface area (Å²) in [5.41, 5.74) is 6.91. The first-order valence-corrected chi connectivity index (χ1v) is 5.22. The molecule has 0 unspecified atom stereocenters. The van der Waals surface area contributed by atoms with Gasteiger partial charge < -0.3 is 5.73 Å². The van der Waals surface area contributed by atoms with Gasteiger partial charge >= 0.3 is 0 Å². The molecule has 5 nitrogen and oxygen atoms in total. The molecule has 15 heavy (non-hydrogen) atoms. The maximum absolute atomic E-state index is 6.04. The van der Waals surface area contributed by atoms with Gasteiger partial charge in [0, 0.05) is 12.4 Å². The Balaban J connectivity index is 2.13. The number of nitrogens with two attached hydrogens (primary N) is 1. The quantitative estimate of drug-likeness (QED) is 0.777. The first-order valence-electron chi connectivity index (χ1n) is 5.22. The number of rotatable bonds is 2. The van der Waals surface area contributed by atoms with Crippen molar-refractivity contribution >= 4 is 5.78 Å². The summed E-state index contributed by atoms with van der Waals surface area (Å²) in [7, 11) is 0. The van der Waals surface area contributed by atoms with Crippen molar-refractivity contribution in [3.63, 3.8) is 0 Å². The molecule has 0 saturated heterocycles. The number of fused-ring (bicyclic) bond motifs is 1. The highest BCUT2D eigenvalue weighted by Crippen LogP contribution is 2.40. The minimum Gasteiger partial charge on any atom is -0.319 e. The molecule has 0 atom stereocenters. The van der Waals surface area contributed by atoms with Crippen molar-refractivity contribution in [3.8, 4) is 0 Å². The van der Waals surface area contributed by atoms with E-state index in [0.717, 1.165) is 30.7 Å². The molecule has 0 spiro atoms. The van der Waals surface area contributed by atoms with Gasteiger partial charge in [-0.05, 0) is 24.8 Å². The van der Waals surface area contributed by atoms with E-state index in [0.29, 0.717) is 5.78 Å². The lowest BCUT2D eigenvalue weighted by Gasteiger charge is -1.98. The molecular weight excluding hydrogens is 190 g/mol. The van der Waals surface area contributed by atoms with Crippen LogP contribution in [0, 0.1) is 0 Å². The van der Waals surface area contributed by atoms with E-state index < -0.39 is 0 Å². The molecule has 2 aromatic rings. The van der Waals surface area contributed by atoms with Crippen molar-refractivity contribution in [1.82, 2.24) is 19.6 Å². The van der Waals surface area contributed by atoms with Crippen molar-refractivity contribution in [2.24, 2.45) is 5.73 Å². The lowest BCUT2D eigenvalue weighted by Crippen LogP contribution is -2.20. The Hall–Kier alpha value is -1.49. The Bertz CT molecular complexity index is 512. The Morgan fingerprint density at radius 2 is 2.33 bits per heavy atom. The van der Waals surface area contributed by atoms with Crippen LogP contribution in [0.1, 0.15) is 31.2 Å². The van der Waals surface area contributed by atoms with Gasteiger partial charge in [-0.2, -0.15) is 4.98 Å². The molecule has 1 saturated carbocycles. The second-order valence-electron chi connectivity index (χ2n) is 4.15. The monoisotopic (exact) mass is 203 g/mol. The summed E-state index contributed by atoms with van der Waals surface area (Å²) >= 11 is 0. The van der Waals surface area contributed by atoms with Gasteiger partial charge in [-0.25, -0.2) is 9.50 Å². The van der Waals surface area contributed by atoms with Crippen molar-refractivity contribution < 1.29 is 0 Å². The van der Waals surface area contributed by atoms with E-state index in [1.165, 1.54) is 0 Å². The zero-order chi connectivity index (χ0) is 10.5. The minimum atomic E-state index is -0.278. The van der Waals surface area contributed by atoms with E-state index in [4.69, 9.17) is 5.73 Å². The molecule has 1 aliphatic rings. The molecule has 0 bridgehead atoms. The van der Waals surface area contributed by atoms with E-state index in [1.807, 2.05) is 12.4 Å². The summed E-state index contributed by atoms with van der Waals surface area (Å²) in [5, 5.41) is 4.37. The number of hydrogen-bond donors (Lipinski definition) is 1. The van der Waals surface area contributed by atoms with Gasteiger partial charge in [-0.3, -0.25) is 0 Å². The third-order valence-corrected chi connectivity index (χ3v) is 2.89. The Labute approximate surface area is 87.3 Å². The van der Waals surface area contributed by atoms with Gasteiger partial charge in [-0.1, -0.05) is 6.92 Å². The first kappa shape index (κ1) is 8.79. The third kappa shape index (κ3) is 1.31. The summed E-state index contributed by atoms with van der Waals surface area (Å²) in [6.45, 7) is 2.09. The molecule has 1 aliphatic carbocycles. The van der Waals surface area contributed by atoms with Gasteiger partial charge in [-0.15, -0.1) is 5.10 Å². The second-order valence-corrected chi connectivity index (χ2v) is 4.15. The number of aromatic nitrogens is 4. The topological polar surface area (TPSA) is 69.1 Å². The van der Waals surface area contributed by atoms with E-state index in [-0.39, 0.29) is 5.54 Å². The van der Waals surface area contributed by atoms with Crippen molar-refractivity contribution in [2.75, 3.05) is 0 Å². The van der Waals surface area contributed by atoms with Gasteiger partial charge in [0.05, 0.1) is 5.54 Å². The van der Waals surface area contributed by atoms with Gasteiger partial charge in [0.2, 0.25) is 0 Å². The van der Waals surface area contributed by atoms with Crippen LogP contribution in [0.3, 0.4) is 0 Å². The van der Waals surface area contributed by atoms with Crippen LogP contribution in [-0.4, -0.2) is 19.6 Å². The lowest BCUT2D eigenvalue weighted by atomic mass is 10.3. The molecule has 2 heterocycles. The van der Waals surface area contributed by atoms with Crippen molar-refractivity contribution in [2.45, 2.75) is 31.7 Å². The van der Waals surface area contributed by atoms with Crippen LogP contribution in [0.2, 0.25) is 0 Å². The van der Waals surface area contributed by atoms with Crippen LogP contribution in [0.4, 0.5) is 0 Å². The van der Waals surface area contributed by atoms with Crippen molar-refractivity contribution in [3.05, 3.63) is 23.8 Å². The SMILES string of the molecule is CCc1cnc2nc(C3(N)CC3)nn2c1. The predicted octanol–water partition coefficient (Wildman–Crippen LogP) is 0.634. The first-order chi connectivity index (χ1) is 7.21. The number of nitrogens with zero attached hydrogens (tertiary/aromatic N) is 4. The fraction of sp³-hybridized carbons (Fsp3) is 0.500. The molecule has 0 amide bonds. The largest absolute Gasteiger partial charge is 0.319 e. The molecule has 5 heteroatoms. The molecule has 2 N–H and O–H groups in total. The standard InChI is InChI=1S/C10H13N5/c1-2-7-5-12-9-13-8(10(11)3-4-10)14-15(9)6-7/h5-6H,2-4,11H2,1H3. The normalized spacial score (nSPS) is 18.3. The summed E-state index contributed by atoms with van der Waals surface area (Å²) < 4.78 is 1.72. The van der Waals surface area contributed by atoms with Crippen molar-refractivity contribution in [1.29, 1.82) is 0 Å². The molecule has 1 fully saturated rings. The zero-order valence-electron chi connectivity index (χ0n) is 8.64. The van der Waals surface area contributed by atoms with Crippen LogP contribution < -0.4 is 5.73 Å². The highest BCUT2D eigenvalue weighted by Gasteiger charge is 2.44. The smallest absolute Gasteiger partial charge is 0.252 e. The molecule has 0 aromatic carbocycles. The van der Waals surface area contributed by atoms with Crippen LogP contribution in [0.25, 0.3) is 5.78 Å². The summed E-state index contributed by atoms with van der Waals surface area (Å²) in [6, 6.07) is 0. The van der Waals surface area contributed by atoms with Crippen LogP contribution in [0.5, 0.6) is 0 Å². The van der Waals surface area contributed by atoms with Crippen LogP contribution in [-0.2, 0) is 12.0 Å². The fourth-order valence-corrected chi connectivity index (χ4v) is 1.57. The summed E-state index contributed by atoms with van der Waals surface area (Å²) in [5.74, 6) is 1.36. The van der Waals surface area contributed by atoms with Crippen LogP contribution >= 0.6 is 0 Å². The molecule has 78 valence electrons. The highest BCUT2D eigenvalue weighted by atomic mass is 15.3. The van der Waals surface area contributed by atoms with Gasteiger partial charge in [0.25, 0.3) is 5.78 Å². The fourth-order valence-electron chi connectivity index (χ4n) is 1.57. The van der Waals surface area contributed by atoms with Gasteiger partial charge in [0.15, 0.2) is 5.82 Å². The van der Waals surface area contributed by atoms with E-state index >= 15 is 0 Å². The second kappa shape index (κ2) is 2.76. The van der Waals surface area contributed by atoms with E-state index in [1.54, 1.807) is 4.52 Å². The maximum Gasteiger partial charge on any atom is 0.252 e. The third-order valence-electron chi connectivity index (χ3n) is 2.89. The molecule has 0 radical (unpaired) electrons. The Morgan fingerprint density at radius 1 is 1.53 bits per heavy atom. The number of hydrogen-bond acceptors (Lipinski definition) is 4. The number of aryl methyl sites for hydroxylation is 1. The molecule has 3 rings (SSSR count). The van der Waals surface area contributed by atoms with E-state index in [9.17, 15) is 0 Å². The Kier molecular flexibility index (Phi) is 1.62. The average Bonchev–Trinajstić information content (AvgIpc) is 2.85. The van der Waals surface area contributed by atoms with E-state index in [2.05, 4.69) is 22.0 Å². The minimum absolute atomic E-state index is 0.278. The molecule has 0 aliphatic heterocycles. The molecular formula is C10H13N5. The molecule has 2 aromatic heterocycles. The summed E-state index contributed by atoms with van der Waals surface area (Å²) in [4.78, 5) is 8.59. The summed E-state index contributed by atoms with van der Waals surface area (Å²) in [6.07, 6.45) is 6.70. The zero-order valence-corrected chi connectivity index (χ0v) is 8.64. The van der Waals surface area contributed by atoms with Gasteiger partial charge in [0.1, 0.15) is 0 Å². The van der Waals surface area contributed by atoms with Crippen LogP contribution in [0.15, 0.2) is 12.4 Å².